The summed E-state index contributed by atoms with van der Waals surface area (Å²) < 4.78 is 26.3. The van der Waals surface area contributed by atoms with Crippen LogP contribution in [0.25, 0.3) is 0 Å². The fourth-order valence-corrected chi connectivity index (χ4v) is 3.36. The van der Waals surface area contributed by atoms with Crippen molar-refractivity contribution in [1.82, 2.24) is 9.97 Å². The molecular weight excluding hydrogens is 394 g/mol. The van der Waals surface area contributed by atoms with Crippen molar-refractivity contribution in [3.8, 4) is 0 Å². The molecule has 4 rings (SSSR count). The van der Waals surface area contributed by atoms with Crippen LogP contribution in [-0.2, 0) is 0 Å². The minimum absolute atomic E-state index is 0.0394. The van der Waals surface area contributed by atoms with E-state index in [0.717, 1.165) is 5.69 Å². The molecule has 1 saturated heterocycles. The molecule has 1 aliphatic heterocycles. The van der Waals surface area contributed by atoms with Gasteiger partial charge in [-0.15, -0.1) is 0 Å². The Morgan fingerprint density at radius 1 is 0.867 bits per heavy atom. The van der Waals surface area contributed by atoms with Gasteiger partial charge in [0.25, 0.3) is 0 Å². The third kappa shape index (κ3) is 4.12. The molecule has 0 amide bonds. The second-order valence-electron chi connectivity index (χ2n) is 6.73. The lowest BCUT2D eigenvalue weighted by molar-refractivity contribution is -0.383. The van der Waals surface area contributed by atoms with Gasteiger partial charge < -0.3 is 15.1 Å². The quantitative estimate of drug-likeness (QED) is 0.505. The zero-order chi connectivity index (χ0) is 21.1. The largest absolute Gasteiger partial charge is 0.368 e. The van der Waals surface area contributed by atoms with Gasteiger partial charge >= 0.3 is 5.69 Å². The van der Waals surface area contributed by atoms with Crippen molar-refractivity contribution in [3.05, 3.63) is 76.6 Å². The monoisotopic (exact) mass is 412 g/mol. The van der Waals surface area contributed by atoms with E-state index in [0.29, 0.717) is 31.9 Å². The van der Waals surface area contributed by atoms with E-state index in [-0.39, 0.29) is 23.1 Å². The summed E-state index contributed by atoms with van der Waals surface area (Å²) in [6, 6.07) is 11.7. The molecule has 1 aliphatic rings. The molecule has 30 heavy (non-hydrogen) atoms. The lowest BCUT2D eigenvalue weighted by Gasteiger charge is -2.36. The van der Waals surface area contributed by atoms with Crippen LogP contribution in [0.4, 0.5) is 37.5 Å². The van der Waals surface area contributed by atoms with Crippen LogP contribution in [0, 0.1) is 21.7 Å². The SMILES string of the molecule is O=[N+]([O-])c1c(Nc2ccc(F)cc2)ncnc1N1CCN(c2ccc(F)cc2)CC1. The van der Waals surface area contributed by atoms with Crippen LogP contribution in [0.1, 0.15) is 0 Å². The maximum Gasteiger partial charge on any atom is 0.353 e. The summed E-state index contributed by atoms with van der Waals surface area (Å²) in [5.41, 5.74) is 1.13. The Kier molecular flexibility index (Phi) is 5.38. The summed E-state index contributed by atoms with van der Waals surface area (Å²) in [4.78, 5) is 23.4. The Morgan fingerprint density at radius 2 is 1.43 bits per heavy atom. The number of nitrogens with one attached hydrogen (secondary N) is 1. The molecule has 0 aliphatic carbocycles. The van der Waals surface area contributed by atoms with Crippen LogP contribution in [0.2, 0.25) is 0 Å². The van der Waals surface area contributed by atoms with Gasteiger partial charge in [-0.25, -0.2) is 18.7 Å². The number of nitro groups is 1. The first kappa shape index (κ1) is 19.5. The van der Waals surface area contributed by atoms with Crippen molar-refractivity contribution in [2.24, 2.45) is 0 Å². The average Bonchev–Trinajstić information content (AvgIpc) is 2.76. The number of anilines is 4. The van der Waals surface area contributed by atoms with Crippen LogP contribution in [0.5, 0.6) is 0 Å². The Hall–Kier alpha value is -3.82. The lowest BCUT2D eigenvalue weighted by Crippen LogP contribution is -2.47. The van der Waals surface area contributed by atoms with Gasteiger partial charge in [-0.2, -0.15) is 0 Å². The van der Waals surface area contributed by atoms with E-state index in [1.54, 1.807) is 12.1 Å². The van der Waals surface area contributed by atoms with Gasteiger partial charge in [0.1, 0.15) is 18.0 Å². The van der Waals surface area contributed by atoms with Gasteiger partial charge in [0, 0.05) is 37.6 Å². The minimum Gasteiger partial charge on any atom is -0.368 e. The molecule has 10 heteroatoms. The van der Waals surface area contributed by atoms with Gasteiger partial charge in [0.2, 0.25) is 11.6 Å². The predicted molar refractivity (Wildman–Crippen MR) is 109 cm³/mol. The normalized spacial score (nSPS) is 13.9. The number of piperazine rings is 1. The fourth-order valence-electron chi connectivity index (χ4n) is 3.36. The molecule has 1 fully saturated rings. The lowest BCUT2D eigenvalue weighted by atomic mass is 10.2. The summed E-state index contributed by atoms with van der Waals surface area (Å²) in [5.74, 6) is -0.441. The second-order valence-corrected chi connectivity index (χ2v) is 6.73. The zero-order valence-corrected chi connectivity index (χ0v) is 15.8. The van der Waals surface area contributed by atoms with E-state index < -0.39 is 10.7 Å². The molecule has 8 nitrogen and oxygen atoms in total. The molecule has 3 aromatic rings. The van der Waals surface area contributed by atoms with E-state index in [1.807, 2.05) is 4.90 Å². The van der Waals surface area contributed by atoms with Gasteiger partial charge in [0.15, 0.2) is 0 Å². The van der Waals surface area contributed by atoms with E-state index >= 15 is 0 Å². The van der Waals surface area contributed by atoms with E-state index in [4.69, 9.17) is 0 Å². The van der Waals surface area contributed by atoms with Crippen LogP contribution in [0.15, 0.2) is 54.9 Å². The summed E-state index contributed by atoms with van der Waals surface area (Å²) in [6.07, 6.45) is 1.26. The first-order chi connectivity index (χ1) is 14.5. The fraction of sp³-hybridized carbons (Fsp3) is 0.200. The molecule has 0 bridgehead atoms. The van der Waals surface area contributed by atoms with Gasteiger partial charge in [-0.05, 0) is 48.5 Å². The van der Waals surface area contributed by atoms with Crippen molar-refractivity contribution in [2.45, 2.75) is 0 Å². The molecule has 154 valence electrons. The predicted octanol–water partition coefficient (Wildman–Crippen LogP) is 3.73. The highest BCUT2D eigenvalue weighted by molar-refractivity contribution is 5.74. The number of nitrogens with zero attached hydrogens (tertiary/aromatic N) is 5. The van der Waals surface area contributed by atoms with E-state index in [2.05, 4.69) is 20.2 Å². The Labute approximate surface area is 170 Å². The highest BCUT2D eigenvalue weighted by atomic mass is 19.1. The van der Waals surface area contributed by atoms with Crippen LogP contribution < -0.4 is 15.1 Å². The molecule has 0 radical (unpaired) electrons. The first-order valence-electron chi connectivity index (χ1n) is 9.29. The van der Waals surface area contributed by atoms with Crippen molar-refractivity contribution in [1.29, 1.82) is 0 Å². The Bertz CT molecular complexity index is 1040. The summed E-state index contributed by atoms with van der Waals surface area (Å²) >= 11 is 0. The third-order valence-corrected chi connectivity index (χ3v) is 4.86. The van der Waals surface area contributed by atoms with Crippen molar-refractivity contribution in [3.63, 3.8) is 0 Å². The number of rotatable bonds is 5. The number of hydrogen-bond donors (Lipinski definition) is 1. The summed E-state index contributed by atoms with van der Waals surface area (Å²) in [7, 11) is 0. The average molecular weight is 412 g/mol. The Balaban J connectivity index is 1.54. The molecule has 0 spiro atoms. The highest BCUT2D eigenvalue weighted by Gasteiger charge is 2.29. The standard InChI is InChI=1S/C20H18F2N6O2/c21-14-1-5-16(6-2-14)25-19-18(28(29)30)20(24-13-23-19)27-11-9-26(10-12-27)17-7-3-15(22)4-8-17/h1-8,13H,9-12H2,(H,23,24,25). The van der Waals surface area contributed by atoms with E-state index in [9.17, 15) is 18.9 Å². The molecular formula is C20H18F2N6O2. The summed E-state index contributed by atoms with van der Waals surface area (Å²) in [5, 5.41) is 14.7. The van der Waals surface area contributed by atoms with Crippen molar-refractivity contribution < 1.29 is 13.7 Å². The maximum absolute atomic E-state index is 13.1. The zero-order valence-electron chi connectivity index (χ0n) is 15.8. The van der Waals surface area contributed by atoms with Crippen molar-refractivity contribution >= 4 is 28.7 Å². The number of aromatic nitrogens is 2. The Morgan fingerprint density at radius 3 is 2.03 bits per heavy atom. The first-order valence-corrected chi connectivity index (χ1v) is 9.29. The van der Waals surface area contributed by atoms with Crippen LogP contribution in [-0.4, -0.2) is 41.1 Å². The third-order valence-electron chi connectivity index (χ3n) is 4.86. The minimum atomic E-state index is -0.520. The summed E-state index contributed by atoms with van der Waals surface area (Å²) in [6.45, 7) is 2.22. The highest BCUT2D eigenvalue weighted by Crippen LogP contribution is 2.34. The number of benzene rings is 2. The maximum atomic E-state index is 13.1. The molecule has 1 aromatic heterocycles. The molecule has 2 heterocycles. The van der Waals surface area contributed by atoms with Crippen molar-refractivity contribution in [2.75, 3.05) is 41.3 Å². The number of halogens is 2. The molecule has 1 N–H and O–H groups in total. The van der Waals surface area contributed by atoms with Gasteiger partial charge in [0.05, 0.1) is 4.92 Å². The van der Waals surface area contributed by atoms with E-state index in [1.165, 1.54) is 42.7 Å². The molecule has 2 aromatic carbocycles. The molecule has 0 saturated carbocycles. The molecule has 0 atom stereocenters. The second kappa shape index (κ2) is 8.27. The van der Waals surface area contributed by atoms with Crippen LogP contribution >= 0.6 is 0 Å². The number of hydrogen-bond acceptors (Lipinski definition) is 7. The van der Waals surface area contributed by atoms with Gasteiger partial charge in [-0.1, -0.05) is 0 Å². The molecule has 0 unspecified atom stereocenters. The topological polar surface area (TPSA) is 87.4 Å². The smallest absolute Gasteiger partial charge is 0.353 e. The van der Waals surface area contributed by atoms with Gasteiger partial charge in [-0.3, -0.25) is 10.1 Å². The van der Waals surface area contributed by atoms with Crippen LogP contribution in [0.3, 0.4) is 0 Å².